The van der Waals surface area contributed by atoms with Crippen LogP contribution in [-0.2, 0) is 21.9 Å². The highest BCUT2D eigenvalue weighted by molar-refractivity contribution is 7.92. The molecule has 1 aromatic heterocycles. The van der Waals surface area contributed by atoms with Crippen LogP contribution in [0.5, 0.6) is 0 Å². The predicted octanol–water partition coefficient (Wildman–Crippen LogP) is 5.72. The summed E-state index contributed by atoms with van der Waals surface area (Å²) in [7, 11) is -3.76. The average Bonchev–Trinajstić information content (AvgIpc) is 2.80. The average molecular weight is 392 g/mol. The Balaban J connectivity index is 2.43. The lowest BCUT2D eigenvalue weighted by Crippen LogP contribution is -2.14. The Morgan fingerprint density at radius 3 is 2.35 bits per heavy atom. The number of halogens is 2. The topological polar surface area (TPSA) is 46.2 Å². The molecule has 1 aromatic carbocycles. The van der Waals surface area contributed by atoms with E-state index in [0.29, 0.717) is 10.7 Å². The van der Waals surface area contributed by atoms with Crippen molar-refractivity contribution in [3.05, 3.63) is 44.1 Å². The number of sulfonamides is 1. The maximum absolute atomic E-state index is 12.6. The molecule has 0 aliphatic carbocycles. The van der Waals surface area contributed by atoms with Gasteiger partial charge in [0.05, 0.1) is 10.7 Å². The highest BCUT2D eigenvalue weighted by Gasteiger charge is 2.23. The van der Waals surface area contributed by atoms with Crippen LogP contribution in [-0.4, -0.2) is 8.42 Å². The van der Waals surface area contributed by atoms with Crippen molar-refractivity contribution in [2.24, 2.45) is 0 Å². The van der Waals surface area contributed by atoms with Gasteiger partial charge in [-0.25, -0.2) is 8.42 Å². The summed E-state index contributed by atoms with van der Waals surface area (Å²) in [5.74, 6) is 0. The van der Waals surface area contributed by atoms with E-state index in [-0.39, 0.29) is 15.3 Å². The molecule has 1 heterocycles. The van der Waals surface area contributed by atoms with Gasteiger partial charge in [-0.2, -0.15) is 0 Å². The molecule has 2 aromatic rings. The first-order valence-corrected chi connectivity index (χ1v) is 10.2. The molecule has 7 heteroatoms. The largest absolute Gasteiger partial charge is 0.278 e. The van der Waals surface area contributed by atoms with Crippen molar-refractivity contribution in [1.82, 2.24) is 0 Å². The Labute approximate surface area is 151 Å². The third-order valence-electron chi connectivity index (χ3n) is 3.30. The van der Waals surface area contributed by atoms with Crippen molar-refractivity contribution in [3.8, 4) is 0 Å². The summed E-state index contributed by atoms with van der Waals surface area (Å²) in [6.07, 6.45) is 0.757. The Morgan fingerprint density at radius 1 is 1.17 bits per heavy atom. The molecule has 0 fully saturated rings. The Bertz CT molecular complexity index is 821. The fourth-order valence-corrected chi connectivity index (χ4v) is 5.08. The zero-order chi connectivity index (χ0) is 17.4. The molecule has 0 unspecified atom stereocenters. The van der Waals surface area contributed by atoms with Crippen LogP contribution in [0.2, 0.25) is 10.0 Å². The molecule has 0 spiro atoms. The molecule has 1 N–H and O–H groups in total. The van der Waals surface area contributed by atoms with Crippen LogP contribution in [0.1, 0.15) is 37.4 Å². The van der Waals surface area contributed by atoms with Gasteiger partial charge in [-0.15, -0.1) is 11.3 Å². The quantitative estimate of drug-likeness (QED) is 0.724. The standard InChI is InChI=1S/C16H19Cl2NO2S2/c1-5-13-12(9-15(22-13)16(2,3)4)19-23(20,21)14-7-6-10(17)8-11(14)18/h6-9,19H,5H2,1-4H3. The Hall–Kier alpha value is -0.750. The normalized spacial score (nSPS) is 12.4. The van der Waals surface area contributed by atoms with Gasteiger partial charge in [-0.1, -0.05) is 50.9 Å². The van der Waals surface area contributed by atoms with Gasteiger partial charge >= 0.3 is 0 Å². The van der Waals surface area contributed by atoms with E-state index in [1.165, 1.54) is 18.2 Å². The summed E-state index contributed by atoms with van der Waals surface area (Å²) in [6, 6.07) is 6.25. The van der Waals surface area contributed by atoms with Crippen molar-refractivity contribution in [1.29, 1.82) is 0 Å². The van der Waals surface area contributed by atoms with E-state index in [9.17, 15) is 8.42 Å². The zero-order valence-electron chi connectivity index (χ0n) is 13.4. The van der Waals surface area contributed by atoms with Crippen molar-refractivity contribution in [2.45, 2.75) is 44.4 Å². The predicted molar refractivity (Wildman–Crippen MR) is 99.7 cm³/mol. The van der Waals surface area contributed by atoms with Crippen molar-refractivity contribution in [2.75, 3.05) is 4.72 Å². The van der Waals surface area contributed by atoms with Crippen molar-refractivity contribution < 1.29 is 8.42 Å². The maximum Gasteiger partial charge on any atom is 0.263 e. The monoisotopic (exact) mass is 391 g/mol. The van der Waals surface area contributed by atoms with Gasteiger partial charge in [-0.05, 0) is 36.1 Å². The second-order valence-electron chi connectivity index (χ2n) is 6.23. The van der Waals surface area contributed by atoms with E-state index in [0.717, 1.165) is 16.2 Å². The summed E-state index contributed by atoms with van der Waals surface area (Å²) >= 11 is 13.5. The van der Waals surface area contributed by atoms with E-state index in [4.69, 9.17) is 23.2 Å². The number of benzene rings is 1. The van der Waals surface area contributed by atoms with E-state index < -0.39 is 10.0 Å². The van der Waals surface area contributed by atoms with Gasteiger partial charge < -0.3 is 0 Å². The first-order valence-electron chi connectivity index (χ1n) is 7.15. The molecular formula is C16H19Cl2NO2S2. The van der Waals surface area contributed by atoms with E-state index in [1.54, 1.807) is 11.3 Å². The first kappa shape index (κ1) is 18.6. The number of hydrogen-bond acceptors (Lipinski definition) is 3. The lowest BCUT2D eigenvalue weighted by Gasteiger charge is -2.15. The van der Waals surface area contributed by atoms with Gasteiger partial charge in [0.1, 0.15) is 4.90 Å². The second-order valence-corrected chi connectivity index (χ2v) is 9.86. The summed E-state index contributed by atoms with van der Waals surface area (Å²) in [5, 5.41) is 0.503. The van der Waals surface area contributed by atoms with Crippen LogP contribution in [0.3, 0.4) is 0 Å². The number of nitrogens with one attached hydrogen (secondary N) is 1. The minimum absolute atomic E-state index is 0.0223. The Morgan fingerprint density at radius 2 is 1.83 bits per heavy atom. The van der Waals surface area contributed by atoms with E-state index in [2.05, 4.69) is 25.5 Å². The van der Waals surface area contributed by atoms with Gasteiger partial charge in [-0.3, -0.25) is 4.72 Å². The van der Waals surface area contributed by atoms with Crippen LogP contribution in [0.15, 0.2) is 29.2 Å². The summed E-state index contributed by atoms with van der Waals surface area (Å²) < 4.78 is 27.9. The third kappa shape index (κ3) is 4.21. The van der Waals surface area contributed by atoms with Gasteiger partial charge in [0.25, 0.3) is 10.0 Å². The van der Waals surface area contributed by atoms with Gasteiger partial charge in [0, 0.05) is 14.8 Å². The lowest BCUT2D eigenvalue weighted by atomic mass is 9.95. The molecule has 23 heavy (non-hydrogen) atoms. The molecule has 0 amide bonds. The molecule has 0 radical (unpaired) electrons. The molecule has 0 atom stereocenters. The van der Waals surface area contributed by atoms with Crippen LogP contribution >= 0.6 is 34.5 Å². The lowest BCUT2D eigenvalue weighted by molar-refractivity contribution is 0.600. The highest BCUT2D eigenvalue weighted by Crippen LogP contribution is 2.37. The van der Waals surface area contributed by atoms with E-state index >= 15 is 0 Å². The molecule has 2 rings (SSSR count). The van der Waals surface area contributed by atoms with Crippen LogP contribution in [0.25, 0.3) is 0 Å². The number of thiophene rings is 1. The SMILES string of the molecule is CCc1sc(C(C)(C)C)cc1NS(=O)(=O)c1ccc(Cl)cc1Cl. The molecule has 0 saturated carbocycles. The fourth-order valence-electron chi connectivity index (χ4n) is 2.04. The molecule has 0 bridgehead atoms. The zero-order valence-corrected chi connectivity index (χ0v) is 16.6. The van der Waals surface area contributed by atoms with E-state index in [1.807, 2.05) is 13.0 Å². The van der Waals surface area contributed by atoms with Crippen LogP contribution in [0.4, 0.5) is 5.69 Å². The first-order chi connectivity index (χ1) is 10.5. The van der Waals surface area contributed by atoms with Gasteiger partial charge in [0.15, 0.2) is 0 Å². The fraction of sp³-hybridized carbons (Fsp3) is 0.375. The number of hydrogen-bond donors (Lipinski definition) is 1. The molecule has 0 aliphatic rings. The second kappa shape index (κ2) is 6.63. The smallest absolute Gasteiger partial charge is 0.263 e. The molecule has 0 saturated heterocycles. The van der Waals surface area contributed by atoms with Crippen LogP contribution < -0.4 is 4.72 Å². The summed E-state index contributed by atoms with van der Waals surface area (Å²) in [6.45, 7) is 8.32. The molecule has 126 valence electrons. The highest BCUT2D eigenvalue weighted by atomic mass is 35.5. The minimum atomic E-state index is -3.76. The Kier molecular flexibility index (Phi) is 5.36. The third-order valence-corrected chi connectivity index (χ3v) is 7.09. The van der Waals surface area contributed by atoms with Gasteiger partial charge in [0.2, 0.25) is 0 Å². The molecular weight excluding hydrogens is 373 g/mol. The number of anilines is 1. The molecule has 3 nitrogen and oxygen atoms in total. The summed E-state index contributed by atoms with van der Waals surface area (Å²) in [4.78, 5) is 2.16. The van der Waals surface area contributed by atoms with Crippen molar-refractivity contribution >= 4 is 50.2 Å². The van der Waals surface area contributed by atoms with Crippen LogP contribution in [0, 0.1) is 0 Å². The minimum Gasteiger partial charge on any atom is -0.278 e. The van der Waals surface area contributed by atoms with Crippen molar-refractivity contribution in [3.63, 3.8) is 0 Å². The molecule has 0 aliphatic heterocycles. The maximum atomic E-state index is 12.6. The number of rotatable bonds is 4. The number of aryl methyl sites for hydroxylation is 1. The summed E-state index contributed by atoms with van der Waals surface area (Å²) in [5.41, 5.74) is 0.587.